The lowest BCUT2D eigenvalue weighted by molar-refractivity contribution is -0.0578. The number of halogens is 2. The van der Waals surface area contributed by atoms with E-state index < -0.39 is 12.8 Å². The fraction of sp³-hybridized carbons (Fsp3) is 0.240. The van der Waals surface area contributed by atoms with Crippen LogP contribution in [-0.2, 0) is 0 Å². The zero-order chi connectivity index (χ0) is 22.9. The van der Waals surface area contributed by atoms with Gasteiger partial charge in [-0.15, -0.1) is 0 Å². The summed E-state index contributed by atoms with van der Waals surface area (Å²) in [5.41, 5.74) is 3.09. The summed E-state index contributed by atoms with van der Waals surface area (Å²) in [6.07, 6.45) is -0.140. The van der Waals surface area contributed by atoms with Crippen molar-refractivity contribution in [2.45, 2.75) is 25.3 Å². The van der Waals surface area contributed by atoms with Crippen molar-refractivity contribution in [3.63, 3.8) is 0 Å². The molecule has 0 bridgehead atoms. The molecule has 0 aliphatic carbocycles. The summed E-state index contributed by atoms with van der Waals surface area (Å²) in [6.45, 7) is -2.95. The van der Waals surface area contributed by atoms with Gasteiger partial charge in [-0.1, -0.05) is 30.3 Å². The summed E-state index contributed by atoms with van der Waals surface area (Å²) >= 11 is 0. The highest BCUT2D eigenvalue weighted by molar-refractivity contribution is 6.04. The van der Waals surface area contributed by atoms with Gasteiger partial charge >= 0.3 is 6.61 Å². The second kappa shape index (κ2) is 8.61. The Bertz CT molecular complexity index is 1200. The lowest BCUT2D eigenvalue weighted by Gasteiger charge is -2.38. The molecule has 2 aliphatic rings. The predicted octanol–water partition coefficient (Wildman–Crippen LogP) is 5.55. The monoisotopic (exact) mass is 452 g/mol. The zero-order valence-electron chi connectivity index (χ0n) is 18.1. The smallest absolute Gasteiger partial charge is 0.387 e. The number of methoxy groups -OCH3 is 2. The van der Waals surface area contributed by atoms with Crippen molar-refractivity contribution >= 4 is 5.71 Å². The van der Waals surface area contributed by atoms with Crippen LogP contribution >= 0.6 is 0 Å². The number of fused-ring (bicyclic) bond motifs is 3. The minimum absolute atomic E-state index is 0.0568. The van der Waals surface area contributed by atoms with E-state index in [0.717, 1.165) is 16.8 Å². The minimum atomic E-state index is -2.95. The molecular weight excluding hydrogens is 430 g/mol. The van der Waals surface area contributed by atoms with Gasteiger partial charge in [0.1, 0.15) is 23.0 Å². The molecular formula is C25H22F2N2O4. The Morgan fingerprint density at radius 3 is 2.45 bits per heavy atom. The first-order valence-electron chi connectivity index (χ1n) is 10.5. The molecule has 3 aromatic carbocycles. The van der Waals surface area contributed by atoms with E-state index in [1.807, 2.05) is 47.5 Å². The van der Waals surface area contributed by atoms with Gasteiger partial charge in [0.15, 0.2) is 0 Å². The quantitative estimate of drug-likeness (QED) is 0.491. The van der Waals surface area contributed by atoms with Gasteiger partial charge in [-0.05, 0) is 30.3 Å². The highest BCUT2D eigenvalue weighted by Gasteiger charge is 2.42. The van der Waals surface area contributed by atoms with E-state index >= 15 is 0 Å². The number of hydrogen-bond donors (Lipinski definition) is 0. The summed E-state index contributed by atoms with van der Waals surface area (Å²) in [4.78, 5) is 0. The van der Waals surface area contributed by atoms with Crippen LogP contribution in [0.2, 0.25) is 0 Å². The Balaban J connectivity index is 1.60. The molecule has 170 valence electrons. The second-order valence-electron chi connectivity index (χ2n) is 7.64. The first-order chi connectivity index (χ1) is 16.1. The van der Waals surface area contributed by atoms with E-state index in [-0.39, 0.29) is 11.8 Å². The van der Waals surface area contributed by atoms with Crippen molar-refractivity contribution < 1.29 is 27.7 Å². The van der Waals surface area contributed by atoms with Crippen LogP contribution in [0, 0.1) is 0 Å². The number of hydrazone groups is 1. The van der Waals surface area contributed by atoms with E-state index in [1.54, 1.807) is 32.4 Å². The summed E-state index contributed by atoms with van der Waals surface area (Å²) in [6, 6.07) is 19.8. The lowest BCUT2D eigenvalue weighted by Crippen LogP contribution is -2.34. The molecule has 8 heteroatoms. The summed E-state index contributed by atoms with van der Waals surface area (Å²) < 4.78 is 48.1. The third-order valence-electron chi connectivity index (χ3n) is 5.82. The van der Waals surface area contributed by atoms with Crippen LogP contribution < -0.4 is 18.9 Å². The van der Waals surface area contributed by atoms with E-state index in [4.69, 9.17) is 24.0 Å². The van der Waals surface area contributed by atoms with E-state index in [1.165, 1.54) is 6.07 Å². The van der Waals surface area contributed by atoms with Crippen molar-refractivity contribution in [2.75, 3.05) is 14.2 Å². The fourth-order valence-corrected chi connectivity index (χ4v) is 4.33. The highest BCUT2D eigenvalue weighted by atomic mass is 19.3. The van der Waals surface area contributed by atoms with Crippen molar-refractivity contribution in [3.8, 4) is 23.0 Å². The molecule has 0 fully saturated rings. The normalized spacial score (nSPS) is 18.8. The molecule has 3 aromatic rings. The Morgan fingerprint density at radius 1 is 0.939 bits per heavy atom. The molecule has 0 radical (unpaired) electrons. The molecule has 5 rings (SSSR count). The third-order valence-corrected chi connectivity index (χ3v) is 5.82. The van der Waals surface area contributed by atoms with Crippen molar-refractivity contribution in [3.05, 3.63) is 83.4 Å². The standard InChI is InChI=1S/C25H22F2N2O4/c1-30-15-11-12-16(23(13-15)31-2)19-14-20-17-7-3-5-9-21(17)32-24(29(20)28-19)18-8-4-6-10-22(18)33-25(26)27/h3-13,20,24-25H,14H2,1-2H3/t20-,24-/m1/s1. The molecule has 6 nitrogen and oxygen atoms in total. The highest BCUT2D eigenvalue weighted by Crippen LogP contribution is 2.49. The molecule has 2 atom stereocenters. The zero-order valence-corrected chi connectivity index (χ0v) is 18.1. The number of benzene rings is 3. The molecule has 0 saturated heterocycles. The van der Waals surface area contributed by atoms with Crippen molar-refractivity contribution in [1.82, 2.24) is 5.01 Å². The number of nitrogens with zero attached hydrogens (tertiary/aromatic N) is 2. The number of ether oxygens (including phenoxy) is 4. The van der Waals surface area contributed by atoms with Crippen LogP contribution in [0.1, 0.15) is 35.4 Å². The van der Waals surface area contributed by atoms with Gasteiger partial charge in [-0.2, -0.15) is 13.9 Å². The molecule has 0 unspecified atom stereocenters. The van der Waals surface area contributed by atoms with E-state index in [0.29, 0.717) is 29.2 Å². The molecule has 0 amide bonds. The largest absolute Gasteiger partial charge is 0.497 e. The number of rotatable bonds is 6. The van der Waals surface area contributed by atoms with Crippen LogP contribution in [0.4, 0.5) is 8.78 Å². The molecule has 0 N–H and O–H groups in total. The molecule has 33 heavy (non-hydrogen) atoms. The number of para-hydroxylation sites is 2. The third kappa shape index (κ3) is 3.82. The first-order valence-corrected chi connectivity index (χ1v) is 10.5. The van der Waals surface area contributed by atoms with E-state index in [2.05, 4.69) is 0 Å². The second-order valence-corrected chi connectivity index (χ2v) is 7.64. The van der Waals surface area contributed by atoms with Gasteiger partial charge in [0.2, 0.25) is 6.23 Å². The Hall–Kier alpha value is -3.81. The van der Waals surface area contributed by atoms with Gasteiger partial charge in [-0.3, -0.25) is 0 Å². The van der Waals surface area contributed by atoms with Gasteiger partial charge < -0.3 is 18.9 Å². The first kappa shape index (κ1) is 21.1. The van der Waals surface area contributed by atoms with E-state index in [9.17, 15) is 8.78 Å². The SMILES string of the molecule is COc1ccc(C2=NN3[C@H](C2)c2ccccc2O[C@@H]3c2ccccc2OC(F)F)c(OC)c1. The van der Waals surface area contributed by atoms with Gasteiger partial charge in [0, 0.05) is 23.6 Å². The van der Waals surface area contributed by atoms with Gasteiger partial charge in [0.05, 0.1) is 31.5 Å². The molecule has 0 spiro atoms. The molecule has 0 aromatic heterocycles. The van der Waals surface area contributed by atoms with Crippen LogP contribution in [-0.4, -0.2) is 31.6 Å². The summed E-state index contributed by atoms with van der Waals surface area (Å²) in [5.74, 6) is 2.06. The maximum absolute atomic E-state index is 13.1. The van der Waals surface area contributed by atoms with Crippen LogP contribution in [0.5, 0.6) is 23.0 Å². The minimum Gasteiger partial charge on any atom is -0.497 e. The Labute approximate surface area is 189 Å². The number of alkyl halides is 2. The molecule has 0 saturated carbocycles. The summed E-state index contributed by atoms with van der Waals surface area (Å²) in [5, 5.41) is 6.70. The van der Waals surface area contributed by atoms with Crippen molar-refractivity contribution in [2.24, 2.45) is 5.10 Å². The van der Waals surface area contributed by atoms with Crippen LogP contribution in [0.3, 0.4) is 0 Å². The van der Waals surface area contributed by atoms with Crippen LogP contribution in [0.25, 0.3) is 0 Å². The maximum Gasteiger partial charge on any atom is 0.387 e. The maximum atomic E-state index is 13.1. The molecule has 2 heterocycles. The van der Waals surface area contributed by atoms with Gasteiger partial charge in [-0.25, -0.2) is 5.01 Å². The van der Waals surface area contributed by atoms with Crippen LogP contribution in [0.15, 0.2) is 71.8 Å². The lowest BCUT2D eigenvalue weighted by atomic mass is 9.95. The topological polar surface area (TPSA) is 52.5 Å². The fourth-order valence-electron chi connectivity index (χ4n) is 4.33. The average Bonchev–Trinajstić information content (AvgIpc) is 3.29. The number of hydrogen-bond acceptors (Lipinski definition) is 6. The Kier molecular flexibility index (Phi) is 5.50. The molecule has 2 aliphatic heterocycles. The van der Waals surface area contributed by atoms with Crippen molar-refractivity contribution in [1.29, 1.82) is 0 Å². The summed E-state index contributed by atoms with van der Waals surface area (Å²) in [7, 11) is 3.19. The predicted molar refractivity (Wildman–Crippen MR) is 118 cm³/mol. The Morgan fingerprint density at radius 2 is 1.70 bits per heavy atom. The van der Waals surface area contributed by atoms with Gasteiger partial charge in [0.25, 0.3) is 0 Å². The average molecular weight is 452 g/mol.